The molecule has 0 saturated carbocycles. The molecule has 0 radical (unpaired) electrons. The summed E-state index contributed by atoms with van der Waals surface area (Å²) >= 11 is 31.0. The third-order valence-corrected chi connectivity index (χ3v) is 25.2. The zero-order chi connectivity index (χ0) is 102. The molecule has 138 heavy (non-hydrogen) atoms. The second-order valence-electron chi connectivity index (χ2n) is 33.3. The van der Waals surface area contributed by atoms with Crippen molar-refractivity contribution in [2.45, 2.75) is 184 Å². The lowest BCUT2D eigenvalue weighted by Crippen LogP contribution is -2.31. The van der Waals surface area contributed by atoms with E-state index in [0.29, 0.717) is 62.0 Å². The highest BCUT2D eigenvalue weighted by Gasteiger charge is 2.31. The number of nitrogens with zero attached hydrogens (tertiary/aromatic N) is 10. The quantitative estimate of drug-likeness (QED) is 0.0273. The summed E-state index contributed by atoms with van der Waals surface area (Å²) in [4.78, 5) is 154. The van der Waals surface area contributed by atoms with Crippen molar-refractivity contribution in [2.24, 2.45) is 25.0 Å². The molecule has 11 rings (SSSR count). The van der Waals surface area contributed by atoms with Gasteiger partial charge >= 0.3 is 0 Å². The van der Waals surface area contributed by atoms with E-state index in [1.54, 1.807) is 96.2 Å². The Morgan fingerprint density at radius 3 is 0.761 bits per heavy atom. The maximum Gasteiger partial charge on any atom is 0.255 e. The van der Waals surface area contributed by atoms with E-state index in [9.17, 15) is 47.9 Å². The molecule has 25 nitrogen and oxygen atoms in total. The van der Waals surface area contributed by atoms with Gasteiger partial charge in [0.2, 0.25) is 52.5 Å². The molecule has 5 amide bonds. The fraction of sp³-hybridized carbons (Fsp3) is 0.343. The number of amides is 5. The van der Waals surface area contributed by atoms with Crippen molar-refractivity contribution in [3.8, 4) is 0 Å². The van der Waals surface area contributed by atoms with E-state index in [1.807, 2.05) is 120 Å². The number of allylic oxidation sites excluding steroid dienone is 15. The molecule has 0 aliphatic heterocycles. The minimum atomic E-state index is -0.420. The van der Waals surface area contributed by atoms with Gasteiger partial charge in [-0.3, -0.25) is 47.9 Å². The fourth-order valence-electron chi connectivity index (χ4n) is 14.6. The monoisotopic (exact) mass is 1970 g/mol. The van der Waals surface area contributed by atoms with Crippen molar-refractivity contribution in [2.75, 3.05) is 91.0 Å². The molecule has 6 aromatic carbocycles. The first-order chi connectivity index (χ1) is 65.4. The van der Waals surface area contributed by atoms with Crippen LogP contribution in [0.4, 0.5) is 56.9 Å². The number of anilines is 5. The Morgan fingerprint density at radius 1 is 0.304 bits per heavy atom. The first kappa shape index (κ1) is 112. The number of carbonyl (C=O) groups is 10. The fourth-order valence-corrected chi connectivity index (χ4v) is 15.6. The Morgan fingerprint density at radius 2 is 0.536 bits per heavy atom. The molecule has 0 aromatic heterocycles. The van der Waals surface area contributed by atoms with Gasteiger partial charge in [0.15, 0.2) is 0 Å². The van der Waals surface area contributed by atoms with Crippen LogP contribution < -0.4 is 51.1 Å². The maximum absolute atomic E-state index is 12.6. The maximum atomic E-state index is 12.6. The van der Waals surface area contributed by atoms with Crippen molar-refractivity contribution >= 4 is 202 Å². The summed E-state index contributed by atoms with van der Waals surface area (Å²) in [6.07, 6.45) is 12.9. The number of carbonyl (C=O) groups excluding carboxylic acids is 10. The van der Waals surface area contributed by atoms with Crippen molar-refractivity contribution in [1.82, 2.24) is 26.6 Å². The van der Waals surface area contributed by atoms with Crippen LogP contribution in [0.5, 0.6) is 0 Å². The van der Waals surface area contributed by atoms with Crippen LogP contribution in [0.25, 0.3) is 0 Å². The van der Waals surface area contributed by atoms with E-state index in [-0.39, 0.29) is 95.4 Å². The summed E-state index contributed by atoms with van der Waals surface area (Å²) in [6, 6.07) is 39.2. The Balaban J connectivity index is 0.000000235. The molecule has 6 aromatic rings. The Bertz CT molecular complexity index is 6190. The highest BCUT2D eigenvalue weighted by atomic mass is 35.5. The zero-order valence-corrected chi connectivity index (χ0v) is 87.4. The molecular weight excluding hydrogens is 1840 g/mol. The number of rotatable bonds is 29. The summed E-state index contributed by atoms with van der Waals surface area (Å²) in [5, 5.41) is 13.2. The molecule has 0 unspecified atom stereocenters. The Hall–Kier alpha value is -12.8. The lowest BCUT2D eigenvalue weighted by atomic mass is 10.0. The number of Topliss-reactive ketones (excluding diaryl/α,β-unsaturated/α-hetero) is 5. The highest BCUT2D eigenvalue weighted by molar-refractivity contribution is 6.52. The molecule has 0 saturated heterocycles. The van der Waals surface area contributed by atoms with Crippen LogP contribution in [0.1, 0.15) is 188 Å². The number of aliphatic imine (C=N–C) groups is 5. The number of unbranched alkanes of at least 4 members (excludes halogenated alkanes) is 2. The number of nitrogens with one attached hydrogen (secondary N) is 5. The van der Waals surface area contributed by atoms with Gasteiger partial charge in [-0.25, -0.2) is 25.0 Å². The first-order valence-electron chi connectivity index (χ1n) is 46.2. The summed E-state index contributed by atoms with van der Waals surface area (Å²) in [6.45, 7) is 49.4. The molecule has 0 bridgehead atoms. The third-order valence-electron chi connectivity index (χ3n) is 22.9. The van der Waals surface area contributed by atoms with Gasteiger partial charge in [-0.1, -0.05) is 110 Å². The van der Waals surface area contributed by atoms with Crippen molar-refractivity contribution in [3.05, 3.63) is 267 Å². The van der Waals surface area contributed by atoms with Gasteiger partial charge in [0.05, 0.1) is 111 Å². The predicted octanol–water partition coefficient (Wildman–Crippen LogP) is 22.6. The summed E-state index contributed by atoms with van der Waals surface area (Å²) in [7, 11) is 3.95. The van der Waals surface area contributed by atoms with Gasteiger partial charge in [-0.05, 0) is 313 Å². The van der Waals surface area contributed by atoms with Gasteiger partial charge in [0.1, 0.15) is 0 Å². The van der Waals surface area contributed by atoms with Crippen molar-refractivity contribution < 1.29 is 47.9 Å². The van der Waals surface area contributed by atoms with Gasteiger partial charge in [-0.2, -0.15) is 0 Å². The van der Waals surface area contributed by atoms with Crippen LogP contribution in [0.3, 0.4) is 0 Å². The molecule has 730 valence electrons. The number of ketones is 5. The Labute approximate surface area is 837 Å². The number of aryl methyl sites for hydroxylation is 5. The van der Waals surface area contributed by atoms with E-state index in [2.05, 4.69) is 142 Å². The lowest BCUT2D eigenvalue weighted by molar-refractivity contribution is -0.122. The van der Waals surface area contributed by atoms with E-state index >= 15 is 0 Å². The van der Waals surface area contributed by atoms with Crippen LogP contribution >= 0.6 is 58.0 Å². The van der Waals surface area contributed by atoms with E-state index in [4.69, 9.17) is 73.0 Å². The molecule has 0 spiro atoms. The van der Waals surface area contributed by atoms with Crippen LogP contribution in [-0.4, -0.2) is 153 Å². The van der Waals surface area contributed by atoms with E-state index in [1.165, 1.54) is 52.1 Å². The van der Waals surface area contributed by atoms with E-state index in [0.717, 1.165) is 131 Å². The predicted molar refractivity (Wildman–Crippen MR) is 570 cm³/mol. The number of hydrogen-bond acceptors (Lipinski definition) is 20. The summed E-state index contributed by atoms with van der Waals surface area (Å²) in [5.74, 6) is -3.58. The first-order valence-corrected chi connectivity index (χ1v) is 48.1. The normalized spacial score (nSPS) is 15.7. The third kappa shape index (κ3) is 30.4. The Kier molecular flexibility index (Phi) is 43.3. The van der Waals surface area contributed by atoms with Crippen LogP contribution in [0.15, 0.2) is 258 Å². The number of halogens is 5. The summed E-state index contributed by atoms with van der Waals surface area (Å²) in [5.41, 5.74) is 21.8. The van der Waals surface area contributed by atoms with Crippen LogP contribution in [0.2, 0.25) is 0 Å². The minimum absolute atomic E-state index is 0.0574. The van der Waals surface area contributed by atoms with E-state index < -0.39 is 23.1 Å². The second kappa shape index (κ2) is 53.2. The second-order valence-corrected chi connectivity index (χ2v) is 35.2. The standard InChI is InChI=1S/C25H26ClN3O2.C24H32ClN3O2.C21H26ClN3O2.C20H24ClN3O2.C18H20ClN3O2/c1-5-29(6-2)19-12-13-20(16(3)14-19)27-21-15-22(24(30)23(26)17(21)4)28-25(31)18-10-8-7-9-11-18;1-6-8-12-28(13-9-7-2)19-10-11-20(16(3)14-19)27-21-15-22(26-18(5)29)24(30)23(25)17(21)4;1-6-19(26)24-18-12-17(14(5)20(22)21(18)27)23-16-10-9-15(11-13(16)4)25(7-2)8-3;1-6-24(7-2)15-8-9-16(12(3)10-15)23-17-11-18(22-14(5)25)20(26)19(21)13(17)4;1-10-8-13(22(4)5)6-7-14(10)21-15-9-16(20-12(3)23)18(24)17(19)11(15)2/h7-15H,5-6H2,1-4H3,(H,28,31);10-11,14-15H,6-9,12-13H2,1-5H3,(H,26,29);9-12H,6-8H2,1-5H3,(H,24,26);8-11H,6-7H2,1-5H3,(H,22,25);6-9H,1-5H3,(H,20,23). The molecule has 5 N–H and O–H groups in total. The van der Waals surface area contributed by atoms with Gasteiger partial charge in [0, 0.05) is 128 Å². The largest absolute Gasteiger partial charge is 0.378 e. The number of hydrogen-bond donors (Lipinski definition) is 5. The smallest absolute Gasteiger partial charge is 0.255 e. The average Bonchev–Trinajstić information content (AvgIpc) is 0.820. The molecule has 0 fully saturated rings. The van der Waals surface area contributed by atoms with Crippen LogP contribution in [0, 0.1) is 34.6 Å². The minimum Gasteiger partial charge on any atom is -0.378 e. The molecular formula is C108H128Cl5N15O10. The summed E-state index contributed by atoms with van der Waals surface area (Å²) < 4.78 is 0. The number of benzene rings is 6. The average molecular weight is 1970 g/mol. The van der Waals surface area contributed by atoms with Crippen LogP contribution in [-0.2, 0) is 43.2 Å². The van der Waals surface area contributed by atoms with Gasteiger partial charge in [-0.15, -0.1) is 0 Å². The molecule has 0 atom stereocenters. The molecule has 0 heterocycles. The SMILES string of the molecule is CC(=O)NC1=CC(=Nc2ccc(N(C)C)cc2C)C(C)=C(Cl)C1=O.CCC(=O)NC1=CC(=Nc2ccc(N(CC)CC)cc2C)C(C)=C(Cl)C1=O.CCCCN(CCCC)c1ccc(N=C2C=C(NC(C)=O)C(=O)C(Cl)=C2C)c(C)c1.CCN(CC)c1ccc(N=C2C=C(NC(=O)c3ccccc3)C(=O)C(Cl)=C2C)c(C)c1.CCN(CC)c1ccc(N=C2C=C(NC(C)=O)C(=O)C(Cl)=C2C)c(C)c1. The molecule has 5 aliphatic carbocycles. The van der Waals surface area contributed by atoms with Crippen molar-refractivity contribution in [1.29, 1.82) is 0 Å². The topological polar surface area (TPSA) is 309 Å². The molecule has 30 heteroatoms. The van der Waals surface area contributed by atoms with Gasteiger partial charge < -0.3 is 51.1 Å². The highest BCUT2D eigenvalue weighted by Crippen LogP contribution is 2.37. The van der Waals surface area contributed by atoms with Gasteiger partial charge in [0.25, 0.3) is 5.91 Å². The zero-order valence-electron chi connectivity index (χ0n) is 83.6. The lowest BCUT2D eigenvalue weighted by Gasteiger charge is -2.25. The van der Waals surface area contributed by atoms with Crippen molar-refractivity contribution in [3.63, 3.8) is 0 Å². The molecule has 5 aliphatic rings.